The first-order valence-electron chi connectivity index (χ1n) is 4.57. The fourth-order valence-electron chi connectivity index (χ4n) is 1.21. The molecule has 0 amide bonds. The third kappa shape index (κ3) is 2.17. The molecule has 2 aromatic rings. The molecule has 2 heterocycles. The van der Waals surface area contributed by atoms with Gasteiger partial charge < -0.3 is 14.8 Å². The number of carbonyl (C=O) groups is 1. The fourth-order valence-corrected chi connectivity index (χ4v) is 1.21. The Balaban J connectivity index is 2.12. The Hall–Kier alpha value is -2.37. The molecule has 16 heavy (non-hydrogen) atoms. The van der Waals surface area contributed by atoms with Crippen molar-refractivity contribution in [1.82, 2.24) is 10.2 Å². The molecule has 2 N–H and O–H groups in total. The first-order valence-corrected chi connectivity index (χ1v) is 4.57. The van der Waals surface area contributed by atoms with E-state index in [2.05, 4.69) is 15.5 Å². The molecule has 6 nitrogen and oxygen atoms in total. The Morgan fingerprint density at radius 3 is 3.06 bits per heavy atom. The van der Waals surface area contributed by atoms with Crippen LogP contribution in [0.2, 0.25) is 0 Å². The molecule has 0 aliphatic heterocycles. The van der Waals surface area contributed by atoms with Crippen LogP contribution >= 0.6 is 0 Å². The third-order valence-corrected chi connectivity index (χ3v) is 1.99. The molecule has 0 bridgehead atoms. The second-order valence-electron chi connectivity index (χ2n) is 3.08. The van der Waals surface area contributed by atoms with Gasteiger partial charge in [-0.05, 0) is 12.1 Å². The molecule has 2 rings (SSSR count). The van der Waals surface area contributed by atoms with Crippen molar-refractivity contribution >= 4 is 11.8 Å². The number of hydrogen-bond donors (Lipinski definition) is 2. The highest BCUT2D eigenvalue weighted by Gasteiger charge is 2.10. The van der Waals surface area contributed by atoms with Crippen LogP contribution in [0.5, 0.6) is 0 Å². The van der Waals surface area contributed by atoms with Crippen LogP contribution in [-0.4, -0.2) is 21.3 Å². The van der Waals surface area contributed by atoms with Crippen LogP contribution in [0.15, 0.2) is 35.3 Å². The molecule has 0 unspecified atom stereocenters. The molecular weight excluding hydrogens is 210 g/mol. The first kappa shape index (κ1) is 10.2. The van der Waals surface area contributed by atoms with Gasteiger partial charge in [0.05, 0.1) is 18.7 Å². The molecule has 82 valence electrons. The number of furan rings is 1. The summed E-state index contributed by atoms with van der Waals surface area (Å²) < 4.78 is 4.89. The summed E-state index contributed by atoms with van der Waals surface area (Å²) in [5, 5.41) is 19.1. The normalized spacial score (nSPS) is 10.0. The maximum Gasteiger partial charge on any atom is 0.339 e. The van der Waals surface area contributed by atoms with Crippen molar-refractivity contribution in [1.29, 1.82) is 0 Å². The van der Waals surface area contributed by atoms with Crippen molar-refractivity contribution in [2.45, 2.75) is 6.54 Å². The molecule has 0 spiro atoms. The maximum atomic E-state index is 10.9. The van der Waals surface area contributed by atoms with E-state index in [0.29, 0.717) is 6.54 Å². The highest BCUT2D eigenvalue weighted by molar-refractivity contribution is 5.92. The van der Waals surface area contributed by atoms with E-state index in [1.165, 1.54) is 12.3 Å². The van der Waals surface area contributed by atoms with Crippen LogP contribution in [0.3, 0.4) is 0 Å². The Kier molecular flexibility index (Phi) is 2.81. The minimum absolute atomic E-state index is 0.0958. The number of nitrogens with zero attached hydrogens (tertiary/aromatic N) is 2. The lowest BCUT2D eigenvalue weighted by molar-refractivity contribution is 0.0697. The number of hydrogen-bond acceptors (Lipinski definition) is 5. The number of anilines is 1. The third-order valence-electron chi connectivity index (χ3n) is 1.99. The largest absolute Gasteiger partial charge is 0.478 e. The van der Waals surface area contributed by atoms with E-state index in [9.17, 15) is 4.79 Å². The lowest BCUT2D eigenvalue weighted by atomic mass is 10.2. The number of nitrogens with one attached hydrogen (secondary N) is 1. The highest BCUT2D eigenvalue weighted by atomic mass is 16.4. The molecule has 0 atom stereocenters. The Bertz CT molecular complexity index is 482. The Morgan fingerprint density at radius 1 is 1.50 bits per heavy atom. The lowest BCUT2D eigenvalue weighted by Gasteiger charge is -2.05. The lowest BCUT2D eigenvalue weighted by Crippen LogP contribution is -2.08. The molecular formula is C10H9N3O3. The van der Waals surface area contributed by atoms with E-state index in [0.717, 1.165) is 5.56 Å². The standard InChI is InChI=1S/C10H9N3O3/c14-10(15)8-1-3-12-13-9(8)11-5-7-2-4-16-6-7/h1-4,6H,5H2,(H,11,13)(H,14,15). The zero-order valence-corrected chi connectivity index (χ0v) is 8.25. The Labute approximate surface area is 90.9 Å². The van der Waals surface area contributed by atoms with Crippen molar-refractivity contribution in [3.63, 3.8) is 0 Å². The number of carboxylic acids is 1. The van der Waals surface area contributed by atoms with Gasteiger partial charge in [0.2, 0.25) is 0 Å². The molecule has 0 aliphatic rings. The summed E-state index contributed by atoms with van der Waals surface area (Å²) in [4.78, 5) is 10.9. The van der Waals surface area contributed by atoms with E-state index in [1.807, 2.05) is 0 Å². The van der Waals surface area contributed by atoms with Gasteiger partial charge in [0, 0.05) is 12.1 Å². The number of aromatic nitrogens is 2. The zero-order chi connectivity index (χ0) is 11.4. The van der Waals surface area contributed by atoms with Crippen molar-refractivity contribution in [3.05, 3.63) is 42.0 Å². The highest BCUT2D eigenvalue weighted by Crippen LogP contribution is 2.11. The van der Waals surface area contributed by atoms with Crippen molar-refractivity contribution in [3.8, 4) is 0 Å². The van der Waals surface area contributed by atoms with Gasteiger partial charge in [0.25, 0.3) is 0 Å². The summed E-state index contributed by atoms with van der Waals surface area (Å²) in [6, 6.07) is 3.18. The second-order valence-corrected chi connectivity index (χ2v) is 3.08. The van der Waals surface area contributed by atoms with Crippen LogP contribution < -0.4 is 5.32 Å². The minimum Gasteiger partial charge on any atom is -0.478 e. The van der Waals surface area contributed by atoms with Crippen molar-refractivity contribution < 1.29 is 14.3 Å². The average molecular weight is 219 g/mol. The van der Waals surface area contributed by atoms with Gasteiger partial charge in [0.15, 0.2) is 5.82 Å². The van der Waals surface area contributed by atoms with Gasteiger partial charge in [-0.3, -0.25) is 0 Å². The summed E-state index contributed by atoms with van der Waals surface area (Å²) in [7, 11) is 0. The number of aromatic carboxylic acids is 1. The van der Waals surface area contributed by atoms with Gasteiger partial charge in [-0.1, -0.05) is 0 Å². The molecule has 0 saturated heterocycles. The van der Waals surface area contributed by atoms with Crippen molar-refractivity contribution in [2.75, 3.05) is 5.32 Å². The van der Waals surface area contributed by atoms with Gasteiger partial charge >= 0.3 is 5.97 Å². The topological polar surface area (TPSA) is 88.2 Å². The zero-order valence-electron chi connectivity index (χ0n) is 8.25. The van der Waals surface area contributed by atoms with Gasteiger partial charge in [-0.2, -0.15) is 5.10 Å². The molecule has 0 saturated carbocycles. The second kappa shape index (κ2) is 4.43. The molecule has 0 radical (unpaired) electrons. The summed E-state index contributed by atoms with van der Waals surface area (Å²) in [5.74, 6) is -0.791. The van der Waals surface area contributed by atoms with Crippen LogP contribution in [0, 0.1) is 0 Å². The molecule has 0 aromatic carbocycles. The number of rotatable bonds is 4. The molecule has 0 aliphatic carbocycles. The summed E-state index contributed by atoms with van der Waals surface area (Å²) in [5.41, 5.74) is 1.00. The first-order chi connectivity index (χ1) is 7.77. The van der Waals surface area contributed by atoms with E-state index < -0.39 is 5.97 Å². The summed E-state index contributed by atoms with van der Waals surface area (Å²) in [6.45, 7) is 0.440. The quantitative estimate of drug-likeness (QED) is 0.807. The van der Waals surface area contributed by atoms with Crippen molar-refractivity contribution in [2.24, 2.45) is 0 Å². The maximum absolute atomic E-state index is 10.9. The van der Waals surface area contributed by atoms with Crippen LogP contribution in [0.25, 0.3) is 0 Å². The number of carboxylic acid groups (broad SMARTS) is 1. The van der Waals surface area contributed by atoms with E-state index in [1.54, 1.807) is 18.6 Å². The van der Waals surface area contributed by atoms with Crippen LogP contribution in [0.1, 0.15) is 15.9 Å². The summed E-state index contributed by atoms with van der Waals surface area (Å²) in [6.07, 6.45) is 4.46. The SMILES string of the molecule is O=C(O)c1ccnnc1NCc1ccoc1. The van der Waals surface area contributed by atoms with Crippen LogP contribution in [-0.2, 0) is 6.54 Å². The fraction of sp³-hybridized carbons (Fsp3) is 0.100. The predicted octanol–water partition coefficient (Wildman–Crippen LogP) is 1.38. The average Bonchev–Trinajstić information content (AvgIpc) is 2.79. The van der Waals surface area contributed by atoms with Gasteiger partial charge in [-0.25, -0.2) is 4.79 Å². The Morgan fingerprint density at radius 2 is 2.38 bits per heavy atom. The molecule has 6 heteroatoms. The molecule has 0 fully saturated rings. The molecule has 2 aromatic heterocycles. The van der Waals surface area contributed by atoms with Gasteiger partial charge in [0.1, 0.15) is 5.56 Å². The van der Waals surface area contributed by atoms with E-state index >= 15 is 0 Å². The smallest absolute Gasteiger partial charge is 0.339 e. The van der Waals surface area contributed by atoms with Crippen LogP contribution in [0.4, 0.5) is 5.82 Å². The minimum atomic E-state index is -1.04. The monoisotopic (exact) mass is 219 g/mol. The predicted molar refractivity (Wildman–Crippen MR) is 55.0 cm³/mol. The van der Waals surface area contributed by atoms with E-state index in [-0.39, 0.29) is 11.4 Å². The summed E-state index contributed by atoms with van der Waals surface area (Å²) >= 11 is 0. The van der Waals surface area contributed by atoms with Gasteiger partial charge in [-0.15, -0.1) is 5.10 Å². The van der Waals surface area contributed by atoms with E-state index in [4.69, 9.17) is 9.52 Å².